The topological polar surface area (TPSA) is 44.5 Å². The fourth-order valence-electron chi connectivity index (χ4n) is 4.16. The van der Waals surface area contributed by atoms with Crippen molar-refractivity contribution in [2.24, 2.45) is 0 Å². The van der Waals surface area contributed by atoms with E-state index in [4.69, 9.17) is 0 Å². The number of hydrogen-bond acceptors (Lipinski definition) is 4. The van der Waals surface area contributed by atoms with Gasteiger partial charge in [0.1, 0.15) is 0 Å². The summed E-state index contributed by atoms with van der Waals surface area (Å²) in [5.74, 6) is 0. The number of hydrogen-bond donors (Lipinski definition) is 1. The van der Waals surface area contributed by atoms with Gasteiger partial charge in [-0.25, -0.2) is 4.68 Å². The van der Waals surface area contributed by atoms with Gasteiger partial charge in [-0.05, 0) is 36.6 Å². The molecule has 2 heterocycles. The molecule has 1 saturated heterocycles. The fraction of sp³-hybridized carbons (Fsp3) is 0.375. The van der Waals surface area contributed by atoms with Crippen LogP contribution in [-0.4, -0.2) is 57.0 Å². The maximum Gasteiger partial charge on any atom is 0.0645 e. The lowest BCUT2D eigenvalue weighted by molar-refractivity contribution is 0.0498. The van der Waals surface area contributed by atoms with E-state index in [9.17, 15) is 5.11 Å². The summed E-state index contributed by atoms with van der Waals surface area (Å²) >= 11 is 0. The van der Waals surface area contributed by atoms with Gasteiger partial charge in [-0.2, -0.15) is 5.10 Å². The highest BCUT2D eigenvalue weighted by molar-refractivity contribution is 5.31. The number of para-hydroxylation sites is 1. The van der Waals surface area contributed by atoms with Gasteiger partial charge in [0.2, 0.25) is 0 Å². The summed E-state index contributed by atoms with van der Waals surface area (Å²) in [4.78, 5) is 5.02. The van der Waals surface area contributed by atoms with E-state index < -0.39 is 0 Å². The molecule has 1 atom stereocenters. The molecular formula is C24H30N4O. The highest BCUT2D eigenvalue weighted by atomic mass is 16.3. The van der Waals surface area contributed by atoms with E-state index in [2.05, 4.69) is 64.4 Å². The third-order valence-electron chi connectivity index (χ3n) is 5.85. The summed E-state index contributed by atoms with van der Waals surface area (Å²) in [6, 6.07) is 19.2. The molecule has 1 aromatic heterocycles. The number of aromatic nitrogens is 2. The minimum absolute atomic E-state index is 0.231. The highest BCUT2D eigenvalue weighted by Crippen LogP contribution is 2.20. The number of rotatable bonds is 7. The van der Waals surface area contributed by atoms with Gasteiger partial charge in [0.25, 0.3) is 0 Å². The van der Waals surface area contributed by atoms with Crippen LogP contribution in [0.5, 0.6) is 0 Å². The van der Waals surface area contributed by atoms with Crippen molar-refractivity contribution in [2.45, 2.75) is 32.5 Å². The van der Waals surface area contributed by atoms with Crippen LogP contribution < -0.4 is 0 Å². The molecule has 4 rings (SSSR count). The summed E-state index contributed by atoms with van der Waals surface area (Å²) in [6.07, 6.45) is 4.90. The zero-order valence-corrected chi connectivity index (χ0v) is 17.1. The van der Waals surface area contributed by atoms with Crippen LogP contribution in [0.15, 0.2) is 67.0 Å². The molecule has 0 saturated carbocycles. The minimum atomic E-state index is 0.231. The summed E-state index contributed by atoms with van der Waals surface area (Å²) < 4.78 is 1.94. The van der Waals surface area contributed by atoms with E-state index in [0.29, 0.717) is 6.04 Å². The molecule has 0 spiro atoms. The molecule has 152 valence electrons. The first kappa shape index (κ1) is 19.8. The van der Waals surface area contributed by atoms with Crippen LogP contribution in [0.1, 0.15) is 23.1 Å². The van der Waals surface area contributed by atoms with Gasteiger partial charge in [-0.15, -0.1) is 0 Å². The molecule has 0 unspecified atom stereocenters. The normalized spacial score (nSPS) is 18.2. The van der Waals surface area contributed by atoms with Gasteiger partial charge in [0, 0.05) is 57.1 Å². The zero-order valence-electron chi connectivity index (χ0n) is 17.1. The molecule has 0 bridgehead atoms. The van der Waals surface area contributed by atoms with Crippen LogP contribution in [0.4, 0.5) is 0 Å². The Morgan fingerprint density at radius 3 is 2.59 bits per heavy atom. The molecular weight excluding hydrogens is 360 g/mol. The maximum absolute atomic E-state index is 9.60. The average molecular weight is 391 g/mol. The zero-order chi connectivity index (χ0) is 20.1. The van der Waals surface area contributed by atoms with E-state index in [0.717, 1.165) is 44.8 Å². The smallest absolute Gasteiger partial charge is 0.0645 e. The van der Waals surface area contributed by atoms with Gasteiger partial charge in [0.15, 0.2) is 0 Å². The lowest BCUT2D eigenvalue weighted by Gasteiger charge is -2.41. The average Bonchev–Trinajstić information content (AvgIpc) is 3.21. The number of aliphatic hydroxyl groups is 1. The molecule has 0 aliphatic carbocycles. The van der Waals surface area contributed by atoms with Crippen molar-refractivity contribution in [1.82, 2.24) is 19.6 Å². The van der Waals surface area contributed by atoms with Crippen LogP contribution in [0.25, 0.3) is 5.69 Å². The van der Waals surface area contributed by atoms with Crippen molar-refractivity contribution in [3.05, 3.63) is 83.7 Å². The molecule has 5 nitrogen and oxygen atoms in total. The Morgan fingerprint density at radius 1 is 1.00 bits per heavy atom. The molecule has 0 radical (unpaired) electrons. The quantitative estimate of drug-likeness (QED) is 0.673. The Bertz CT molecular complexity index is 908. The Balaban J connectivity index is 1.40. The van der Waals surface area contributed by atoms with Crippen molar-refractivity contribution in [1.29, 1.82) is 0 Å². The van der Waals surface area contributed by atoms with E-state index in [1.165, 1.54) is 16.7 Å². The number of benzene rings is 2. The van der Waals surface area contributed by atoms with Gasteiger partial charge >= 0.3 is 0 Å². The largest absolute Gasteiger partial charge is 0.396 e. The highest BCUT2D eigenvalue weighted by Gasteiger charge is 2.27. The SMILES string of the molecule is Cc1ccccc1CN1CCN(Cc2cnn(-c3ccccc3)c2)C[C@@H]1CCO. The van der Waals surface area contributed by atoms with Gasteiger partial charge in [-0.3, -0.25) is 9.80 Å². The Labute approximate surface area is 173 Å². The Kier molecular flexibility index (Phi) is 6.39. The molecule has 2 aromatic carbocycles. The first-order valence-electron chi connectivity index (χ1n) is 10.4. The molecule has 1 fully saturated rings. The maximum atomic E-state index is 9.60. The lowest BCUT2D eigenvalue weighted by Crippen LogP contribution is -2.52. The van der Waals surface area contributed by atoms with E-state index in [1.807, 2.05) is 29.1 Å². The van der Waals surface area contributed by atoms with Crippen LogP contribution in [0.2, 0.25) is 0 Å². The third-order valence-corrected chi connectivity index (χ3v) is 5.85. The molecule has 1 aliphatic heterocycles. The van der Waals surface area contributed by atoms with Crippen molar-refractivity contribution in [2.75, 3.05) is 26.2 Å². The van der Waals surface area contributed by atoms with Crippen LogP contribution in [0.3, 0.4) is 0 Å². The second-order valence-corrected chi connectivity index (χ2v) is 7.93. The first-order valence-corrected chi connectivity index (χ1v) is 10.4. The van der Waals surface area contributed by atoms with Crippen molar-refractivity contribution < 1.29 is 5.11 Å². The number of piperazine rings is 1. The summed E-state index contributed by atoms with van der Waals surface area (Å²) in [6.45, 7) is 7.29. The summed E-state index contributed by atoms with van der Waals surface area (Å²) in [7, 11) is 0. The standard InChI is InChI=1S/C24H30N4O/c1-20-7-5-6-8-22(20)18-27-13-12-26(19-24(27)11-14-29)16-21-15-25-28(17-21)23-9-3-2-4-10-23/h2-10,15,17,24,29H,11-14,16,18-19H2,1H3/t24-/m0/s1. The molecule has 1 aliphatic rings. The Morgan fingerprint density at radius 2 is 1.79 bits per heavy atom. The number of aliphatic hydroxyl groups excluding tert-OH is 1. The molecule has 0 amide bonds. The molecule has 29 heavy (non-hydrogen) atoms. The first-order chi connectivity index (χ1) is 14.2. The van der Waals surface area contributed by atoms with Crippen molar-refractivity contribution in [3.63, 3.8) is 0 Å². The van der Waals surface area contributed by atoms with E-state index in [1.54, 1.807) is 0 Å². The van der Waals surface area contributed by atoms with Crippen LogP contribution in [-0.2, 0) is 13.1 Å². The minimum Gasteiger partial charge on any atom is -0.396 e. The number of aryl methyl sites for hydroxylation is 1. The van der Waals surface area contributed by atoms with Crippen LogP contribution in [0, 0.1) is 6.92 Å². The summed E-state index contributed by atoms with van der Waals surface area (Å²) in [5, 5.41) is 14.1. The third kappa shape index (κ3) is 4.93. The van der Waals surface area contributed by atoms with Gasteiger partial charge in [-0.1, -0.05) is 42.5 Å². The Hall–Kier alpha value is -2.47. The molecule has 1 N–H and O–H groups in total. The second kappa shape index (κ2) is 9.35. The fourth-order valence-corrected chi connectivity index (χ4v) is 4.16. The number of nitrogens with zero attached hydrogens (tertiary/aromatic N) is 4. The predicted octanol–water partition coefficient (Wildman–Crippen LogP) is 3.25. The second-order valence-electron chi connectivity index (χ2n) is 7.93. The van der Waals surface area contributed by atoms with Crippen LogP contribution >= 0.6 is 0 Å². The summed E-state index contributed by atoms with van der Waals surface area (Å²) in [5.41, 5.74) is 5.03. The van der Waals surface area contributed by atoms with Gasteiger partial charge < -0.3 is 5.11 Å². The van der Waals surface area contributed by atoms with E-state index in [-0.39, 0.29) is 6.61 Å². The van der Waals surface area contributed by atoms with Crippen molar-refractivity contribution >= 4 is 0 Å². The monoisotopic (exact) mass is 390 g/mol. The molecule has 5 heteroatoms. The van der Waals surface area contributed by atoms with E-state index >= 15 is 0 Å². The van der Waals surface area contributed by atoms with Crippen molar-refractivity contribution in [3.8, 4) is 5.69 Å². The lowest BCUT2D eigenvalue weighted by atomic mass is 10.0. The molecule has 3 aromatic rings. The predicted molar refractivity (Wildman–Crippen MR) is 116 cm³/mol. The van der Waals surface area contributed by atoms with Gasteiger partial charge in [0.05, 0.1) is 11.9 Å².